The Morgan fingerprint density at radius 1 is 1.23 bits per heavy atom. The van der Waals surface area contributed by atoms with E-state index < -0.39 is 5.60 Å². The molecule has 0 radical (unpaired) electrons. The number of amides is 2. The number of hydrogen-bond donors (Lipinski definition) is 1. The minimum atomic E-state index is -0.484. The maximum atomic E-state index is 12.0. The first-order valence-electron chi connectivity index (χ1n) is 8.06. The molecule has 6 nitrogen and oxygen atoms in total. The Labute approximate surface area is 133 Å². The van der Waals surface area contributed by atoms with Crippen molar-refractivity contribution >= 4 is 12.0 Å². The molecule has 1 saturated heterocycles. The van der Waals surface area contributed by atoms with Crippen LogP contribution in [0.3, 0.4) is 0 Å². The van der Waals surface area contributed by atoms with E-state index in [9.17, 15) is 9.59 Å². The smallest absolute Gasteiger partial charge is 0.410 e. The molecule has 6 heteroatoms. The van der Waals surface area contributed by atoms with Crippen LogP contribution >= 0.6 is 0 Å². The average Bonchev–Trinajstić information content (AvgIpc) is 2.41. The van der Waals surface area contributed by atoms with Crippen LogP contribution in [-0.4, -0.2) is 54.8 Å². The summed E-state index contributed by atoms with van der Waals surface area (Å²) in [7, 11) is 0. The fourth-order valence-electron chi connectivity index (χ4n) is 2.26. The highest BCUT2D eigenvalue weighted by Gasteiger charge is 2.29. The Bertz CT molecular complexity index is 369. The summed E-state index contributed by atoms with van der Waals surface area (Å²) < 4.78 is 10.7. The summed E-state index contributed by atoms with van der Waals surface area (Å²) >= 11 is 0. The normalized spacial score (nSPS) is 16.7. The summed E-state index contributed by atoms with van der Waals surface area (Å²) in [5.41, 5.74) is -0.484. The third-order valence-electron chi connectivity index (χ3n) is 3.37. The summed E-state index contributed by atoms with van der Waals surface area (Å²) in [5.74, 6) is 0.0222. The lowest BCUT2D eigenvalue weighted by molar-refractivity contribution is -0.126. The van der Waals surface area contributed by atoms with Crippen molar-refractivity contribution in [3.63, 3.8) is 0 Å². The molecular formula is C16H30N2O4. The van der Waals surface area contributed by atoms with Crippen LogP contribution in [-0.2, 0) is 14.3 Å². The zero-order valence-corrected chi connectivity index (χ0v) is 14.5. The molecule has 0 aromatic rings. The third kappa shape index (κ3) is 7.11. The second-order valence-electron chi connectivity index (χ2n) is 6.95. The summed E-state index contributed by atoms with van der Waals surface area (Å²) in [5, 5.41) is 2.89. The number of carbonyl (C=O) groups is 2. The number of nitrogens with one attached hydrogen (secondary N) is 1. The molecule has 1 fully saturated rings. The maximum Gasteiger partial charge on any atom is 0.410 e. The molecule has 0 bridgehead atoms. The van der Waals surface area contributed by atoms with E-state index >= 15 is 0 Å². The molecule has 0 aromatic carbocycles. The monoisotopic (exact) mass is 314 g/mol. The number of piperidine rings is 1. The summed E-state index contributed by atoms with van der Waals surface area (Å²) in [6.45, 7) is 11.7. The van der Waals surface area contributed by atoms with Gasteiger partial charge in [0.05, 0.1) is 12.7 Å². The number of ether oxygens (including phenoxy) is 2. The SMILES string of the molecule is CC(C)OCCNC(=O)C1CCN(C(=O)OC(C)(C)C)CC1. The van der Waals surface area contributed by atoms with E-state index in [-0.39, 0.29) is 24.0 Å². The highest BCUT2D eigenvalue weighted by molar-refractivity contribution is 5.79. The highest BCUT2D eigenvalue weighted by Crippen LogP contribution is 2.19. The number of carbonyl (C=O) groups excluding carboxylic acids is 2. The summed E-state index contributed by atoms with van der Waals surface area (Å²) in [6, 6.07) is 0. The predicted octanol–water partition coefficient (Wildman–Crippen LogP) is 2.17. The fraction of sp³-hybridized carbons (Fsp3) is 0.875. The van der Waals surface area contributed by atoms with Crippen molar-refractivity contribution in [1.82, 2.24) is 10.2 Å². The molecule has 1 aliphatic rings. The highest BCUT2D eigenvalue weighted by atomic mass is 16.6. The van der Waals surface area contributed by atoms with Crippen molar-refractivity contribution in [2.75, 3.05) is 26.2 Å². The molecule has 1 heterocycles. The van der Waals surface area contributed by atoms with Crippen LogP contribution < -0.4 is 5.32 Å². The van der Waals surface area contributed by atoms with Crippen LogP contribution in [0.15, 0.2) is 0 Å². The molecule has 0 spiro atoms. The molecule has 128 valence electrons. The first-order valence-corrected chi connectivity index (χ1v) is 8.06. The zero-order chi connectivity index (χ0) is 16.8. The van der Waals surface area contributed by atoms with Gasteiger partial charge in [-0.2, -0.15) is 0 Å². The van der Waals surface area contributed by atoms with E-state index in [4.69, 9.17) is 9.47 Å². The van der Waals surface area contributed by atoms with Crippen LogP contribution in [0.2, 0.25) is 0 Å². The second-order valence-corrected chi connectivity index (χ2v) is 6.95. The molecular weight excluding hydrogens is 284 g/mol. The minimum Gasteiger partial charge on any atom is -0.444 e. The van der Waals surface area contributed by atoms with E-state index in [0.29, 0.717) is 39.1 Å². The topological polar surface area (TPSA) is 67.9 Å². The second kappa shape index (κ2) is 8.36. The lowest BCUT2D eigenvalue weighted by Gasteiger charge is -2.32. The molecule has 1 aliphatic heterocycles. The van der Waals surface area contributed by atoms with Gasteiger partial charge in [-0.1, -0.05) is 0 Å². The van der Waals surface area contributed by atoms with Gasteiger partial charge >= 0.3 is 6.09 Å². The molecule has 22 heavy (non-hydrogen) atoms. The van der Waals surface area contributed by atoms with Crippen LogP contribution in [0.5, 0.6) is 0 Å². The van der Waals surface area contributed by atoms with Crippen molar-refractivity contribution in [2.45, 2.75) is 59.2 Å². The third-order valence-corrected chi connectivity index (χ3v) is 3.37. The lowest BCUT2D eigenvalue weighted by atomic mass is 9.96. The molecule has 1 N–H and O–H groups in total. The van der Waals surface area contributed by atoms with Crippen LogP contribution in [0.25, 0.3) is 0 Å². The Morgan fingerprint density at radius 2 is 1.82 bits per heavy atom. The van der Waals surface area contributed by atoms with Gasteiger partial charge in [-0.15, -0.1) is 0 Å². The van der Waals surface area contributed by atoms with Crippen molar-refractivity contribution in [2.24, 2.45) is 5.92 Å². The number of nitrogens with zero attached hydrogens (tertiary/aromatic N) is 1. The Morgan fingerprint density at radius 3 is 2.32 bits per heavy atom. The lowest BCUT2D eigenvalue weighted by Crippen LogP contribution is -2.45. The van der Waals surface area contributed by atoms with Crippen molar-refractivity contribution in [1.29, 1.82) is 0 Å². The summed E-state index contributed by atoms with van der Waals surface area (Å²) in [6.07, 6.45) is 1.23. The van der Waals surface area contributed by atoms with Gasteiger partial charge in [0, 0.05) is 25.6 Å². The standard InChI is InChI=1S/C16H30N2O4/c1-12(2)21-11-8-17-14(19)13-6-9-18(10-7-13)15(20)22-16(3,4)5/h12-13H,6-11H2,1-5H3,(H,17,19). The maximum absolute atomic E-state index is 12.0. The number of likely N-dealkylation sites (tertiary alicyclic amines) is 1. The predicted molar refractivity (Wildman–Crippen MR) is 84.6 cm³/mol. The van der Waals surface area contributed by atoms with Crippen LogP contribution in [0, 0.1) is 5.92 Å². The number of rotatable bonds is 5. The molecule has 0 unspecified atom stereocenters. The molecule has 0 atom stereocenters. The van der Waals surface area contributed by atoms with Gasteiger partial charge in [-0.3, -0.25) is 4.79 Å². The minimum absolute atomic E-state index is 0.0299. The molecule has 0 saturated carbocycles. The Kier molecular flexibility index (Phi) is 7.13. The molecule has 0 aliphatic carbocycles. The average molecular weight is 314 g/mol. The van der Waals surface area contributed by atoms with Gasteiger partial charge in [0.1, 0.15) is 5.60 Å². The molecule has 1 rings (SSSR count). The van der Waals surface area contributed by atoms with Crippen molar-refractivity contribution in [3.8, 4) is 0 Å². The number of hydrogen-bond acceptors (Lipinski definition) is 4. The quantitative estimate of drug-likeness (QED) is 0.790. The molecule has 0 aromatic heterocycles. The Hall–Kier alpha value is -1.30. The van der Waals surface area contributed by atoms with E-state index in [1.165, 1.54) is 0 Å². The van der Waals surface area contributed by atoms with E-state index in [0.717, 1.165) is 0 Å². The van der Waals surface area contributed by atoms with Gasteiger partial charge in [0.2, 0.25) is 5.91 Å². The van der Waals surface area contributed by atoms with Gasteiger partial charge in [0.25, 0.3) is 0 Å². The van der Waals surface area contributed by atoms with Crippen LogP contribution in [0.1, 0.15) is 47.5 Å². The van der Waals surface area contributed by atoms with E-state index in [2.05, 4.69) is 5.32 Å². The van der Waals surface area contributed by atoms with E-state index in [1.54, 1.807) is 4.90 Å². The zero-order valence-electron chi connectivity index (χ0n) is 14.5. The first-order chi connectivity index (χ1) is 10.2. The largest absolute Gasteiger partial charge is 0.444 e. The fourth-order valence-corrected chi connectivity index (χ4v) is 2.26. The summed E-state index contributed by atoms with van der Waals surface area (Å²) in [4.78, 5) is 25.7. The Balaban J connectivity index is 2.27. The van der Waals surface area contributed by atoms with Gasteiger partial charge in [0.15, 0.2) is 0 Å². The van der Waals surface area contributed by atoms with Gasteiger partial charge < -0.3 is 19.7 Å². The van der Waals surface area contributed by atoms with Crippen molar-refractivity contribution in [3.05, 3.63) is 0 Å². The van der Waals surface area contributed by atoms with E-state index in [1.807, 2.05) is 34.6 Å². The van der Waals surface area contributed by atoms with Crippen molar-refractivity contribution < 1.29 is 19.1 Å². The van der Waals surface area contributed by atoms with Gasteiger partial charge in [-0.25, -0.2) is 4.79 Å². The molecule has 2 amide bonds. The first kappa shape index (κ1) is 18.7. The van der Waals surface area contributed by atoms with Gasteiger partial charge in [-0.05, 0) is 47.5 Å². The van der Waals surface area contributed by atoms with Crippen LogP contribution in [0.4, 0.5) is 4.79 Å².